The van der Waals surface area contributed by atoms with Gasteiger partial charge < -0.3 is 14.4 Å². The quantitative estimate of drug-likeness (QED) is 0.630. The third kappa shape index (κ3) is 4.07. The van der Waals surface area contributed by atoms with Crippen molar-refractivity contribution in [2.24, 2.45) is 5.92 Å². The summed E-state index contributed by atoms with van der Waals surface area (Å²) < 4.78 is 7.78. The van der Waals surface area contributed by atoms with E-state index in [9.17, 15) is 9.90 Å². The van der Waals surface area contributed by atoms with Crippen molar-refractivity contribution in [1.82, 2.24) is 4.57 Å². The molecule has 0 aromatic heterocycles. The third-order valence-corrected chi connectivity index (χ3v) is 5.40. The first kappa shape index (κ1) is 15.7. The highest BCUT2D eigenvalue weighted by molar-refractivity contribution is 6.73. The maximum absolute atomic E-state index is 12.3. The van der Waals surface area contributed by atoms with Gasteiger partial charge in [-0.05, 0) is 39.7 Å². The summed E-state index contributed by atoms with van der Waals surface area (Å²) in [7, 11) is -1.56. The maximum atomic E-state index is 12.3. The van der Waals surface area contributed by atoms with Crippen LogP contribution in [0.5, 0.6) is 0 Å². The molecule has 1 heterocycles. The Bertz CT molecular complexity index is 306. The van der Waals surface area contributed by atoms with Crippen molar-refractivity contribution in [2.45, 2.75) is 58.5 Å². The minimum absolute atomic E-state index is 0.138. The van der Waals surface area contributed by atoms with E-state index in [0.717, 1.165) is 13.0 Å². The molecule has 1 N–H and O–H groups in total. The monoisotopic (exact) mass is 273 g/mol. The van der Waals surface area contributed by atoms with Gasteiger partial charge in [-0.2, -0.15) is 0 Å². The Morgan fingerprint density at radius 3 is 2.33 bits per heavy atom. The van der Waals surface area contributed by atoms with Crippen molar-refractivity contribution in [3.63, 3.8) is 0 Å². The molecule has 0 bridgehead atoms. The highest BCUT2D eigenvalue weighted by Crippen LogP contribution is 2.30. The average molecular weight is 273 g/mol. The van der Waals surface area contributed by atoms with Gasteiger partial charge in [-0.15, -0.1) is 0 Å². The minimum Gasteiger partial charge on any atom is -0.459 e. The van der Waals surface area contributed by atoms with Crippen LogP contribution >= 0.6 is 0 Å². The second-order valence-corrected chi connectivity index (χ2v) is 12.1. The number of aliphatic hydroxyl groups excluding tert-OH is 1. The van der Waals surface area contributed by atoms with Crippen LogP contribution in [0.3, 0.4) is 0 Å². The van der Waals surface area contributed by atoms with E-state index < -0.39 is 13.8 Å². The van der Waals surface area contributed by atoms with Gasteiger partial charge in [0.15, 0.2) is 0 Å². The SMILES string of the molecule is CC(C)(C)OC(=O)C1CC(CO)CN1[Si](C)(C)C. The lowest BCUT2D eigenvalue weighted by Crippen LogP contribution is -2.52. The van der Waals surface area contributed by atoms with Crippen LogP contribution in [0.15, 0.2) is 0 Å². The fourth-order valence-corrected chi connectivity index (χ4v) is 4.34. The third-order valence-electron chi connectivity index (χ3n) is 3.19. The summed E-state index contributed by atoms with van der Waals surface area (Å²) in [4.78, 5) is 12.3. The minimum atomic E-state index is -1.56. The topological polar surface area (TPSA) is 49.8 Å². The molecule has 0 spiro atoms. The number of esters is 1. The van der Waals surface area contributed by atoms with Crippen molar-refractivity contribution in [1.29, 1.82) is 0 Å². The first-order valence-corrected chi connectivity index (χ1v) is 10.1. The van der Waals surface area contributed by atoms with E-state index in [1.54, 1.807) is 0 Å². The normalized spacial score (nSPS) is 26.4. The van der Waals surface area contributed by atoms with Gasteiger partial charge in [0.25, 0.3) is 0 Å². The number of hydrogen-bond acceptors (Lipinski definition) is 4. The fourth-order valence-electron chi connectivity index (χ4n) is 2.39. The van der Waals surface area contributed by atoms with E-state index >= 15 is 0 Å². The van der Waals surface area contributed by atoms with Crippen LogP contribution in [0, 0.1) is 5.92 Å². The first-order chi connectivity index (χ1) is 8.04. The van der Waals surface area contributed by atoms with Gasteiger partial charge in [0.2, 0.25) is 0 Å². The second-order valence-electron chi connectivity index (χ2n) is 7.16. The Kier molecular flexibility index (Phi) is 4.62. The second kappa shape index (κ2) is 5.31. The highest BCUT2D eigenvalue weighted by atomic mass is 28.3. The molecule has 0 radical (unpaired) electrons. The van der Waals surface area contributed by atoms with Gasteiger partial charge in [0.05, 0.1) is 0 Å². The van der Waals surface area contributed by atoms with Gasteiger partial charge in [-0.1, -0.05) is 19.6 Å². The molecule has 2 atom stereocenters. The van der Waals surface area contributed by atoms with Crippen LogP contribution in [0.1, 0.15) is 27.2 Å². The molecule has 0 aromatic rings. The number of rotatable bonds is 3. The number of aliphatic hydroxyl groups is 1. The van der Waals surface area contributed by atoms with E-state index in [1.807, 2.05) is 20.8 Å². The number of nitrogens with zero attached hydrogens (tertiary/aromatic N) is 1. The van der Waals surface area contributed by atoms with Gasteiger partial charge in [-0.25, -0.2) is 0 Å². The molecular formula is C13H27NO3Si. The Balaban J connectivity index is 2.81. The molecule has 0 saturated carbocycles. The van der Waals surface area contributed by atoms with Crippen LogP contribution in [0.4, 0.5) is 0 Å². The molecule has 5 heteroatoms. The van der Waals surface area contributed by atoms with E-state index in [0.29, 0.717) is 0 Å². The molecule has 1 rings (SSSR count). The fraction of sp³-hybridized carbons (Fsp3) is 0.923. The summed E-state index contributed by atoms with van der Waals surface area (Å²) in [6, 6.07) is -0.173. The predicted octanol–water partition coefficient (Wildman–Crippen LogP) is 1.85. The Morgan fingerprint density at radius 1 is 1.39 bits per heavy atom. The predicted molar refractivity (Wildman–Crippen MR) is 74.9 cm³/mol. The number of carbonyl (C=O) groups excluding carboxylic acids is 1. The smallest absolute Gasteiger partial charge is 0.323 e. The van der Waals surface area contributed by atoms with Crippen LogP contribution < -0.4 is 0 Å². The standard InChI is InChI=1S/C13H27NO3Si/c1-13(2,3)17-12(16)11-7-10(9-15)8-14(11)18(4,5)6/h10-11,15H,7-9H2,1-6H3. The average Bonchev–Trinajstić information content (AvgIpc) is 2.57. The summed E-state index contributed by atoms with van der Waals surface area (Å²) in [5.41, 5.74) is -0.445. The highest BCUT2D eigenvalue weighted by Gasteiger charge is 2.43. The summed E-state index contributed by atoms with van der Waals surface area (Å²) >= 11 is 0. The molecule has 1 aliphatic heterocycles. The molecule has 0 amide bonds. The lowest BCUT2D eigenvalue weighted by molar-refractivity contribution is -0.159. The van der Waals surface area contributed by atoms with Crippen molar-refractivity contribution < 1.29 is 14.6 Å². The van der Waals surface area contributed by atoms with Gasteiger partial charge in [0.1, 0.15) is 19.9 Å². The summed E-state index contributed by atoms with van der Waals surface area (Å²) in [5, 5.41) is 9.32. The Labute approximate surface area is 111 Å². The molecule has 18 heavy (non-hydrogen) atoms. The summed E-state index contributed by atoms with van der Waals surface area (Å²) in [6.45, 7) is 13.3. The molecular weight excluding hydrogens is 246 g/mol. The van der Waals surface area contributed by atoms with Crippen LogP contribution in [-0.4, -0.2) is 48.7 Å². The zero-order chi connectivity index (χ0) is 14.1. The van der Waals surface area contributed by atoms with Crippen molar-refractivity contribution in [3.8, 4) is 0 Å². The molecule has 2 unspecified atom stereocenters. The van der Waals surface area contributed by atoms with Crippen LogP contribution in [-0.2, 0) is 9.53 Å². The van der Waals surface area contributed by atoms with Gasteiger partial charge in [-0.3, -0.25) is 4.79 Å². The van der Waals surface area contributed by atoms with Crippen molar-refractivity contribution in [3.05, 3.63) is 0 Å². The molecule has 106 valence electrons. The van der Waals surface area contributed by atoms with E-state index in [4.69, 9.17) is 4.74 Å². The van der Waals surface area contributed by atoms with Gasteiger partial charge >= 0.3 is 5.97 Å². The molecule has 0 aromatic carbocycles. The van der Waals surface area contributed by atoms with Crippen molar-refractivity contribution >= 4 is 14.2 Å². The summed E-state index contributed by atoms with van der Waals surface area (Å²) in [5.74, 6) is 0.0649. The molecule has 4 nitrogen and oxygen atoms in total. The maximum Gasteiger partial charge on any atom is 0.323 e. The van der Waals surface area contributed by atoms with Crippen LogP contribution in [0.2, 0.25) is 19.6 Å². The number of ether oxygens (including phenoxy) is 1. The number of carbonyl (C=O) groups is 1. The van der Waals surface area contributed by atoms with E-state index in [1.165, 1.54) is 0 Å². The summed E-state index contributed by atoms with van der Waals surface area (Å²) in [6.07, 6.45) is 0.718. The molecule has 1 saturated heterocycles. The molecule has 1 aliphatic rings. The molecule has 0 aliphatic carbocycles. The Hall–Kier alpha value is -0.393. The van der Waals surface area contributed by atoms with Crippen LogP contribution in [0.25, 0.3) is 0 Å². The van der Waals surface area contributed by atoms with E-state index in [-0.39, 0.29) is 24.5 Å². The number of hydrogen-bond donors (Lipinski definition) is 1. The van der Waals surface area contributed by atoms with E-state index in [2.05, 4.69) is 24.2 Å². The molecule has 1 fully saturated rings. The largest absolute Gasteiger partial charge is 0.459 e. The van der Waals surface area contributed by atoms with Crippen molar-refractivity contribution in [2.75, 3.05) is 13.2 Å². The zero-order valence-corrected chi connectivity index (χ0v) is 13.5. The Morgan fingerprint density at radius 2 is 1.94 bits per heavy atom. The lowest BCUT2D eigenvalue weighted by atomic mass is 10.1. The first-order valence-electron chi connectivity index (χ1n) is 6.65. The lowest BCUT2D eigenvalue weighted by Gasteiger charge is -2.35. The van der Waals surface area contributed by atoms with Gasteiger partial charge in [0, 0.05) is 6.61 Å². The zero-order valence-electron chi connectivity index (χ0n) is 12.5.